The second-order valence-corrected chi connectivity index (χ2v) is 5.65. The van der Waals surface area contributed by atoms with Gasteiger partial charge < -0.3 is 24.8 Å². The third-order valence-electron chi connectivity index (χ3n) is 3.94. The lowest BCUT2D eigenvalue weighted by Crippen LogP contribution is -2.45. The molecule has 2 atom stereocenters. The Bertz CT molecular complexity index is 529. The van der Waals surface area contributed by atoms with E-state index >= 15 is 0 Å². The molecule has 0 aromatic heterocycles. The summed E-state index contributed by atoms with van der Waals surface area (Å²) in [6.07, 6.45) is 2.19. The van der Waals surface area contributed by atoms with Gasteiger partial charge in [0.05, 0.1) is 12.1 Å². The lowest BCUT2D eigenvalue weighted by atomic mass is 10.1. The molecule has 2 N–H and O–H groups in total. The van der Waals surface area contributed by atoms with E-state index in [2.05, 4.69) is 10.6 Å². The highest BCUT2D eigenvalue weighted by Gasteiger charge is 2.23. The fourth-order valence-corrected chi connectivity index (χ4v) is 2.73. The Balaban J connectivity index is 1.48. The number of urea groups is 1. The van der Waals surface area contributed by atoms with Crippen LogP contribution in [-0.4, -0.2) is 38.0 Å². The normalized spacial score (nSPS) is 21.2. The summed E-state index contributed by atoms with van der Waals surface area (Å²) in [7, 11) is 0. The van der Waals surface area contributed by atoms with Crippen molar-refractivity contribution in [3.05, 3.63) is 23.8 Å². The lowest BCUT2D eigenvalue weighted by Gasteiger charge is -2.21. The predicted molar refractivity (Wildman–Crippen MR) is 81.2 cm³/mol. The van der Waals surface area contributed by atoms with Gasteiger partial charge in [-0.15, -0.1) is 0 Å². The largest absolute Gasteiger partial charge is 0.486 e. The molecule has 22 heavy (non-hydrogen) atoms. The topological polar surface area (TPSA) is 68.8 Å². The van der Waals surface area contributed by atoms with Crippen LogP contribution in [0.15, 0.2) is 18.2 Å². The highest BCUT2D eigenvalue weighted by Crippen LogP contribution is 2.30. The fourth-order valence-electron chi connectivity index (χ4n) is 2.73. The molecule has 1 fully saturated rings. The van der Waals surface area contributed by atoms with Gasteiger partial charge in [-0.2, -0.15) is 0 Å². The number of amides is 2. The van der Waals surface area contributed by atoms with E-state index < -0.39 is 0 Å². The molecule has 0 radical (unpaired) electrons. The maximum Gasteiger partial charge on any atom is 0.315 e. The molecule has 120 valence electrons. The first-order chi connectivity index (χ1) is 10.7. The van der Waals surface area contributed by atoms with Gasteiger partial charge in [0.15, 0.2) is 11.5 Å². The third kappa shape index (κ3) is 3.62. The summed E-state index contributed by atoms with van der Waals surface area (Å²) in [4.78, 5) is 11.9. The summed E-state index contributed by atoms with van der Waals surface area (Å²) < 4.78 is 16.6. The van der Waals surface area contributed by atoms with E-state index in [1.54, 1.807) is 0 Å². The van der Waals surface area contributed by atoms with Crippen LogP contribution < -0.4 is 20.1 Å². The van der Waals surface area contributed by atoms with Crippen molar-refractivity contribution >= 4 is 6.03 Å². The highest BCUT2D eigenvalue weighted by atomic mass is 16.6. The Morgan fingerprint density at radius 3 is 2.86 bits per heavy atom. The molecule has 1 saturated heterocycles. The minimum Gasteiger partial charge on any atom is -0.486 e. The van der Waals surface area contributed by atoms with E-state index in [1.807, 2.05) is 25.1 Å². The summed E-state index contributed by atoms with van der Waals surface area (Å²) >= 11 is 0. The summed E-state index contributed by atoms with van der Waals surface area (Å²) in [6, 6.07) is 5.54. The summed E-state index contributed by atoms with van der Waals surface area (Å²) in [6.45, 7) is 4.34. The first kappa shape index (κ1) is 15.0. The Hall–Kier alpha value is -1.95. The molecule has 1 aromatic carbocycles. The minimum atomic E-state index is -0.183. The number of carbonyl (C=O) groups is 1. The average Bonchev–Trinajstić information content (AvgIpc) is 3.07. The number of hydrogen-bond acceptors (Lipinski definition) is 4. The highest BCUT2D eigenvalue weighted by molar-refractivity contribution is 5.74. The van der Waals surface area contributed by atoms with E-state index in [4.69, 9.17) is 14.2 Å². The van der Waals surface area contributed by atoms with Crippen LogP contribution in [0.1, 0.15) is 25.3 Å². The van der Waals surface area contributed by atoms with Gasteiger partial charge in [0.2, 0.25) is 0 Å². The molecule has 6 nitrogen and oxygen atoms in total. The van der Waals surface area contributed by atoms with Crippen molar-refractivity contribution in [1.29, 1.82) is 0 Å². The molecule has 0 unspecified atom stereocenters. The Kier molecular flexibility index (Phi) is 4.68. The molecule has 6 heteroatoms. The van der Waals surface area contributed by atoms with Gasteiger partial charge in [-0.05, 0) is 37.5 Å². The van der Waals surface area contributed by atoms with Gasteiger partial charge >= 0.3 is 6.03 Å². The number of benzene rings is 1. The van der Waals surface area contributed by atoms with Gasteiger partial charge in [-0.1, -0.05) is 6.07 Å². The predicted octanol–water partition coefficient (Wildman–Crippen LogP) is 1.82. The van der Waals surface area contributed by atoms with Crippen molar-refractivity contribution in [3.8, 4) is 11.5 Å². The van der Waals surface area contributed by atoms with Crippen LogP contribution in [0, 0.1) is 0 Å². The molecule has 0 bridgehead atoms. The monoisotopic (exact) mass is 306 g/mol. The zero-order chi connectivity index (χ0) is 15.4. The maximum absolute atomic E-state index is 11.9. The molecule has 2 aliphatic heterocycles. The smallest absolute Gasteiger partial charge is 0.315 e. The maximum atomic E-state index is 11.9. The number of fused-ring (bicyclic) bond motifs is 1. The van der Waals surface area contributed by atoms with Crippen molar-refractivity contribution in [1.82, 2.24) is 10.6 Å². The van der Waals surface area contributed by atoms with Gasteiger partial charge in [-0.25, -0.2) is 4.79 Å². The van der Waals surface area contributed by atoms with Gasteiger partial charge in [0.25, 0.3) is 0 Å². The first-order valence-corrected chi connectivity index (χ1v) is 7.77. The van der Waals surface area contributed by atoms with Crippen molar-refractivity contribution in [2.45, 2.75) is 38.5 Å². The molecule has 0 aliphatic carbocycles. The first-order valence-electron chi connectivity index (χ1n) is 7.77. The lowest BCUT2D eigenvalue weighted by molar-refractivity contribution is 0.0860. The van der Waals surface area contributed by atoms with Crippen LogP contribution in [0.4, 0.5) is 4.79 Å². The van der Waals surface area contributed by atoms with Gasteiger partial charge in [0, 0.05) is 13.2 Å². The van der Waals surface area contributed by atoms with Crippen molar-refractivity contribution in [2.24, 2.45) is 0 Å². The number of hydrogen-bond donors (Lipinski definition) is 2. The van der Waals surface area contributed by atoms with Crippen molar-refractivity contribution in [2.75, 3.05) is 19.8 Å². The number of rotatable bonds is 4. The Labute approximate surface area is 130 Å². The molecule has 0 saturated carbocycles. The van der Waals surface area contributed by atoms with E-state index in [0.717, 1.165) is 36.5 Å². The molecular formula is C16H22N2O4. The molecule has 2 aliphatic rings. The number of ether oxygens (including phenoxy) is 3. The zero-order valence-corrected chi connectivity index (χ0v) is 12.8. The van der Waals surface area contributed by atoms with Gasteiger partial charge in [-0.3, -0.25) is 0 Å². The van der Waals surface area contributed by atoms with Crippen LogP contribution in [0.3, 0.4) is 0 Å². The second-order valence-electron chi connectivity index (χ2n) is 5.65. The fraction of sp³-hybridized carbons (Fsp3) is 0.562. The molecule has 1 aromatic rings. The third-order valence-corrected chi connectivity index (χ3v) is 3.94. The van der Waals surface area contributed by atoms with Crippen LogP contribution in [0.2, 0.25) is 0 Å². The van der Waals surface area contributed by atoms with E-state index in [9.17, 15) is 4.79 Å². The summed E-state index contributed by atoms with van der Waals surface area (Å²) in [5.74, 6) is 1.49. The Morgan fingerprint density at radius 2 is 2.09 bits per heavy atom. The van der Waals surface area contributed by atoms with Crippen molar-refractivity contribution < 1.29 is 19.0 Å². The van der Waals surface area contributed by atoms with Gasteiger partial charge in [0.1, 0.15) is 13.2 Å². The summed E-state index contributed by atoms with van der Waals surface area (Å²) in [5.41, 5.74) is 0.976. The van der Waals surface area contributed by atoms with Crippen molar-refractivity contribution in [3.63, 3.8) is 0 Å². The van der Waals surface area contributed by atoms with E-state index in [0.29, 0.717) is 19.8 Å². The van der Waals surface area contributed by atoms with Crippen LogP contribution >= 0.6 is 0 Å². The quantitative estimate of drug-likeness (QED) is 0.890. The number of nitrogens with one attached hydrogen (secondary N) is 2. The van der Waals surface area contributed by atoms with Crippen LogP contribution in [0.25, 0.3) is 0 Å². The molecule has 0 spiro atoms. The number of carbonyl (C=O) groups excluding carboxylic acids is 1. The Morgan fingerprint density at radius 1 is 1.27 bits per heavy atom. The molecule has 3 rings (SSSR count). The standard InChI is InChI=1S/C16H22N2O4/c1-11(13-3-2-6-20-13)18-16(19)17-10-12-4-5-14-15(9-12)22-8-7-21-14/h4-5,9,11,13H,2-3,6-8,10H2,1H3,(H2,17,18,19)/t11-,13+/m1/s1. The molecule has 2 amide bonds. The average molecular weight is 306 g/mol. The minimum absolute atomic E-state index is 0.0165. The zero-order valence-electron chi connectivity index (χ0n) is 12.8. The van der Waals surface area contributed by atoms with Crippen LogP contribution in [0.5, 0.6) is 11.5 Å². The van der Waals surface area contributed by atoms with E-state index in [1.165, 1.54) is 0 Å². The second kappa shape index (κ2) is 6.87. The summed E-state index contributed by atoms with van der Waals surface area (Å²) in [5, 5.41) is 5.78. The SMILES string of the molecule is C[C@@H](NC(=O)NCc1ccc2c(c1)OCCO2)[C@@H]1CCCO1. The molecule has 2 heterocycles. The van der Waals surface area contributed by atoms with Crippen LogP contribution in [-0.2, 0) is 11.3 Å². The molecular weight excluding hydrogens is 284 g/mol. The van der Waals surface area contributed by atoms with E-state index in [-0.39, 0.29) is 18.2 Å².